The first-order valence-electron chi connectivity index (χ1n) is 8.95. The number of amides is 2. The molecule has 0 spiro atoms. The van der Waals surface area contributed by atoms with Crippen molar-refractivity contribution >= 4 is 46.9 Å². The largest absolute Gasteiger partial charge is 0.504 e. The van der Waals surface area contributed by atoms with Crippen molar-refractivity contribution in [3.05, 3.63) is 87.4 Å². The number of nitrogens with zero attached hydrogens (tertiary/aromatic N) is 1. The fraction of sp³-hybridized carbons (Fsp3) is 0.0455. The van der Waals surface area contributed by atoms with Gasteiger partial charge in [0, 0.05) is 5.02 Å². The van der Waals surface area contributed by atoms with Gasteiger partial charge in [-0.3, -0.25) is 9.59 Å². The Kier molecular flexibility index (Phi) is 7.12. The van der Waals surface area contributed by atoms with Gasteiger partial charge in [-0.1, -0.05) is 35.3 Å². The van der Waals surface area contributed by atoms with Crippen LogP contribution in [0.2, 0.25) is 10.0 Å². The number of rotatable bonds is 6. The minimum atomic E-state index is -0.535. The molecule has 0 aromatic heterocycles. The van der Waals surface area contributed by atoms with Crippen LogP contribution in [-0.2, 0) is 0 Å². The van der Waals surface area contributed by atoms with Gasteiger partial charge >= 0.3 is 0 Å². The Balaban J connectivity index is 1.72. The number of benzene rings is 3. The van der Waals surface area contributed by atoms with E-state index in [4.69, 9.17) is 27.9 Å². The lowest BCUT2D eigenvalue weighted by Crippen LogP contribution is -2.21. The van der Waals surface area contributed by atoms with E-state index in [-0.39, 0.29) is 27.6 Å². The van der Waals surface area contributed by atoms with E-state index in [0.717, 1.165) is 0 Å². The van der Waals surface area contributed by atoms with Crippen molar-refractivity contribution in [2.45, 2.75) is 0 Å². The van der Waals surface area contributed by atoms with E-state index in [1.165, 1.54) is 31.5 Å². The lowest BCUT2D eigenvalue weighted by Gasteiger charge is -2.11. The van der Waals surface area contributed by atoms with Gasteiger partial charge in [-0.15, -0.1) is 0 Å². The Bertz CT molecular complexity index is 1170. The molecular weight excluding hydrogens is 441 g/mol. The number of nitrogens with one attached hydrogen (secondary N) is 2. The number of hydrogen-bond acceptors (Lipinski definition) is 5. The van der Waals surface area contributed by atoms with E-state index in [0.29, 0.717) is 16.3 Å². The fourth-order valence-electron chi connectivity index (χ4n) is 2.67. The quantitative estimate of drug-likeness (QED) is 0.368. The van der Waals surface area contributed by atoms with Crippen LogP contribution in [0.25, 0.3) is 0 Å². The van der Waals surface area contributed by atoms with Crippen molar-refractivity contribution in [2.24, 2.45) is 5.10 Å². The van der Waals surface area contributed by atoms with E-state index in [1.807, 2.05) is 0 Å². The molecule has 0 fully saturated rings. The van der Waals surface area contributed by atoms with Gasteiger partial charge in [0.05, 0.1) is 35.2 Å². The van der Waals surface area contributed by atoms with Crippen molar-refractivity contribution in [3.63, 3.8) is 0 Å². The zero-order valence-electron chi connectivity index (χ0n) is 16.2. The average Bonchev–Trinajstić information content (AvgIpc) is 2.74. The molecule has 0 heterocycles. The molecule has 3 N–H and O–H groups in total. The molecular formula is C22H17Cl2N3O4. The Morgan fingerprint density at radius 3 is 2.48 bits per heavy atom. The third-order valence-electron chi connectivity index (χ3n) is 4.18. The van der Waals surface area contributed by atoms with Crippen molar-refractivity contribution in [2.75, 3.05) is 12.4 Å². The first kappa shape index (κ1) is 22.1. The van der Waals surface area contributed by atoms with E-state index in [1.54, 1.807) is 42.5 Å². The monoisotopic (exact) mass is 457 g/mol. The molecule has 3 aromatic carbocycles. The maximum Gasteiger partial charge on any atom is 0.273 e. The normalized spacial score (nSPS) is 10.7. The highest BCUT2D eigenvalue weighted by Crippen LogP contribution is 2.25. The van der Waals surface area contributed by atoms with E-state index < -0.39 is 11.8 Å². The van der Waals surface area contributed by atoms with Gasteiger partial charge in [0.15, 0.2) is 11.5 Å². The maximum absolute atomic E-state index is 12.6. The molecule has 0 bridgehead atoms. The summed E-state index contributed by atoms with van der Waals surface area (Å²) in [5.74, 6) is -0.746. The molecule has 0 aliphatic heterocycles. The summed E-state index contributed by atoms with van der Waals surface area (Å²) in [5.41, 5.74) is 3.65. The predicted molar refractivity (Wildman–Crippen MR) is 121 cm³/mol. The first-order valence-corrected chi connectivity index (χ1v) is 9.70. The number of methoxy groups -OCH3 is 1. The summed E-state index contributed by atoms with van der Waals surface area (Å²) < 4.78 is 4.98. The molecule has 0 saturated carbocycles. The van der Waals surface area contributed by atoms with Crippen LogP contribution in [0.15, 0.2) is 65.8 Å². The van der Waals surface area contributed by atoms with E-state index >= 15 is 0 Å². The van der Waals surface area contributed by atoms with Crippen molar-refractivity contribution in [3.8, 4) is 11.5 Å². The van der Waals surface area contributed by atoms with Crippen molar-refractivity contribution in [1.82, 2.24) is 5.43 Å². The molecule has 158 valence electrons. The molecule has 3 aromatic rings. The van der Waals surface area contributed by atoms with Crippen LogP contribution in [0.5, 0.6) is 11.5 Å². The zero-order valence-corrected chi connectivity index (χ0v) is 17.7. The highest BCUT2D eigenvalue weighted by molar-refractivity contribution is 6.37. The van der Waals surface area contributed by atoms with Crippen LogP contribution in [-0.4, -0.2) is 30.2 Å². The van der Waals surface area contributed by atoms with Crippen LogP contribution in [0.1, 0.15) is 26.3 Å². The molecule has 0 saturated heterocycles. The average molecular weight is 458 g/mol. The third-order valence-corrected chi connectivity index (χ3v) is 4.73. The van der Waals surface area contributed by atoms with Crippen LogP contribution >= 0.6 is 23.2 Å². The number of phenols is 1. The first-order chi connectivity index (χ1) is 14.9. The molecule has 7 nitrogen and oxygen atoms in total. The van der Waals surface area contributed by atoms with Crippen LogP contribution in [0.4, 0.5) is 5.69 Å². The molecule has 31 heavy (non-hydrogen) atoms. The van der Waals surface area contributed by atoms with Crippen LogP contribution in [0.3, 0.4) is 0 Å². The Labute approximate surface area is 188 Å². The molecule has 0 radical (unpaired) electrons. The minimum Gasteiger partial charge on any atom is -0.504 e. The molecule has 0 unspecified atom stereocenters. The van der Waals surface area contributed by atoms with Gasteiger partial charge in [0.2, 0.25) is 0 Å². The molecule has 0 atom stereocenters. The topological polar surface area (TPSA) is 100 Å². The molecule has 0 aliphatic carbocycles. The highest BCUT2D eigenvalue weighted by Gasteiger charge is 2.16. The Morgan fingerprint density at radius 1 is 1.00 bits per heavy atom. The number of halogens is 2. The SMILES string of the molecule is COc1ccc(/C=N\NC(=O)c2ccccc2NC(=O)c2ccc(Cl)cc2Cl)cc1O. The summed E-state index contributed by atoms with van der Waals surface area (Å²) in [6.07, 6.45) is 1.37. The second-order valence-corrected chi connectivity index (χ2v) is 7.10. The predicted octanol–water partition coefficient (Wildman–Crippen LogP) is 4.72. The van der Waals surface area contributed by atoms with Crippen molar-refractivity contribution < 1.29 is 19.4 Å². The van der Waals surface area contributed by atoms with Crippen molar-refractivity contribution in [1.29, 1.82) is 0 Å². The number of ether oxygens (including phenoxy) is 1. The second-order valence-electron chi connectivity index (χ2n) is 6.25. The minimum absolute atomic E-state index is 0.0494. The van der Waals surface area contributed by atoms with Crippen LogP contribution in [0, 0.1) is 0 Å². The summed E-state index contributed by atoms with van der Waals surface area (Å²) >= 11 is 11.9. The summed E-state index contributed by atoms with van der Waals surface area (Å²) in [6, 6.07) is 15.7. The van der Waals surface area contributed by atoms with Gasteiger partial charge in [0.1, 0.15) is 0 Å². The van der Waals surface area contributed by atoms with Gasteiger partial charge in [0.25, 0.3) is 11.8 Å². The standard InChI is InChI=1S/C22H17Cl2N3O4/c1-31-20-9-6-13(10-19(20)28)12-25-27-22(30)16-4-2-3-5-18(16)26-21(29)15-8-7-14(23)11-17(15)24/h2-12,28H,1H3,(H,26,29)(H,27,30)/b25-12-. The lowest BCUT2D eigenvalue weighted by atomic mass is 10.1. The lowest BCUT2D eigenvalue weighted by molar-refractivity contribution is 0.0956. The number of aromatic hydroxyl groups is 1. The number of anilines is 1. The maximum atomic E-state index is 12.6. The number of phenolic OH excluding ortho intramolecular Hbond substituents is 1. The molecule has 0 aliphatic rings. The number of hydrazone groups is 1. The number of hydrogen-bond donors (Lipinski definition) is 3. The number of carbonyl (C=O) groups excluding carboxylic acids is 2. The number of carbonyl (C=O) groups is 2. The highest BCUT2D eigenvalue weighted by atomic mass is 35.5. The van der Waals surface area contributed by atoms with Gasteiger partial charge in [-0.05, 0) is 54.1 Å². The second kappa shape index (κ2) is 9.97. The zero-order chi connectivity index (χ0) is 22.4. The summed E-state index contributed by atoms with van der Waals surface area (Å²) in [4.78, 5) is 25.1. The van der Waals surface area contributed by atoms with E-state index in [9.17, 15) is 14.7 Å². The molecule has 9 heteroatoms. The van der Waals surface area contributed by atoms with Gasteiger partial charge in [-0.25, -0.2) is 5.43 Å². The fourth-order valence-corrected chi connectivity index (χ4v) is 3.16. The summed E-state index contributed by atoms with van der Waals surface area (Å²) in [7, 11) is 1.44. The molecule has 2 amide bonds. The van der Waals surface area contributed by atoms with E-state index in [2.05, 4.69) is 15.8 Å². The number of para-hydroxylation sites is 1. The van der Waals surface area contributed by atoms with Gasteiger partial charge < -0.3 is 15.2 Å². The Hall–Kier alpha value is -3.55. The van der Waals surface area contributed by atoms with Crippen LogP contribution < -0.4 is 15.5 Å². The molecule has 3 rings (SSSR count). The Morgan fingerprint density at radius 2 is 1.77 bits per heavy atom. The van der Waals surface area contributed by atoms with Gasteiger partial charge in [-0.2, -0.15) is 5.10 Å². The summed E-state index contributed by atoms with van der Waals surface area (Å²) in [6.45, 7) is 0. The smallest absolute Gasteiger partial charge is 0.273 e. The third kappa shape index (κ3) is 5.53. The summed E-state index contributed by atoms with van der Waals surface area (Å²) in [5, 5.41) is 17.0.